The summed E-state index contributed by atoms with van der Waals surface area (Å²) in [6, 6.07) is 3.84. The molecule has 0 aliphatic rings. The minimum absolute atomic E-state index is 0.267. The van der Waals surface area contributed by atoms with Gasteiger partial charge in [-0.25, -0.2) is 24.6 Å². The fourth-order valence-corrected chi connectivity index (χ4v) is 3.44. The molecule has 0 aliphatic carbocycles. The van der Waals surface area contributed by atoms with Crippen molar-refractivity contribution in [3.63, 3.8) is 0 Å². The number of aromatic nitrogens is 7. The number of nitrogens with one attached hydrogen (secondary N) is 1. The zero-order valence-electron chi connectivity index (χ0n) is 17.3. The van der Waals surface area contributed by atoms with Crippen molar-refractivity contribution in [2.45, 2.75) is 39.0 Å². The fraction of sp³-hybridized carbons (Fsp3) is 0.421. The number of aryl methyl sites for hydroxylation is 1. The van der Waals surface area contributed by atoms with Crippen LogP contribution in [0.4, 0.5) is 5.82 Å². The highest BCUT2D eigenvalue weighted by atomic mass is 16.5. The predicted molar refractivity (Wildman–Crippen MR) is 113 cm³/mol. The molecular formula is C19H25N9O3. The average molecular weight is 427 g/mol. The van der Waals surface area contributed by atoms with Gasteiger partial charge in [0, 0.05) is 18.1 Å². The molecule has 4 rings (SSSR count). The molecular weight excluding hydrogens is 402 g/mol. The van der Waals surface area contributed by atoms with Crippen LogP contribution in [-0.4, -0.2) is 69.9 Å². The van der Waals surface area contributed by atoms with E-state index in [0.29, 0.717) is 17.8 Å². The summed E-state index contributed by atoms with van der Waals surface area (Å²) in [7, 11) is 0. The van der Waals surface area contributed by atoms with Crippen LogP contribution in [0.2, 0.25) is 0 Å². The summed E-state index contributed by atoms with van der Waals surface area (Å²) in [5, 5.41) is 28.4. The maximum absolute atomic E-state index is 10.3. The Morgan fingerprint density at radius 1 is 1.23 bits per heavy atom. The topological polar surface area (TPSA) is 162 Å². The van der Waals surface area contributed by atoms with Gasteiger partial charge in [-0.05, 0) is 26.0 Å². The van der Waals surface area contributed by atoms with Crippen LogP contribution in [0.5, 0.6) is 0 Å². The van der Waals surface area contributed by atoms with Gasteiger partial charge in [-0.2, -0.15) is 5.10 Å². The van der Waals surface area contributed by atoms with Gasteiger partial charge in [0.1, 0.15) is 30.3 Å². The number of aliphatic hydroxyl groups is 2. The number of nitrogens with zero attached hydrogens (tertiary/aromatic N) is 7. The van der Waals surface area contributed by atoms with Crippen LogP contribution >= 0.6 is 0 Å². The van der Waals surface area contributed by atoms with Gasteiger partial charge in [0.2, 0.25) is 0 Å². The molecule has 31 heavy (non-hydrogen) atoms. The molecule has 0 amide bonds. The molecule has 0 saturated heterocycles. The van der Waals surface area contributed by atoms with E-state index in [4.69, 9.17) is 10.5 Å². The van der Waals surface area contributed by atoms with E-state index in [0.717, 1.165) is 16.7 Å². The second-order valence-corrected chi connectivity index (χ2v) is 7.18. The van der Waals surface area contributed by atoms with Gasteiger partial charge in [0.25, 0.3) is 0 Å². The highest BCUT2D eigenvalue weighted by Gasteiger charge is 2.24. The molecule has 3 unspecified atom stereocenters. The smallest absolute Gasteiger partial charge is 0.167 e. The summed E-state index contributed by atoms with van der Waals surface area (Å²) in [6.07, 6.45) is 2.32. The van der Waals surface area contributed by atoms with Crippen molar-refractivity contribution in [3.05, 3.63) is 36.7 Å². The van der Waals surface area contributed by atoms with Crippen molar-refractivity contribution in [3.8, 4) is 0 Å². The van der Waals surface area contributed by atoms with Gasteiger partial charge in [-0.15, -0.1) is 0 Å². The molecule has 4 aromatic heterocycles. The molecule has 0 bridgehead atoms. The summed E-state index contributed by atoms with van der Waals surface area (Å²) >= 11 is 0. The monoisotopic (exact) mass is 427 g/mol. The first-order chi connectivity index (χ1) is 15.0. The zero-order valence-corrected chi connectivity index (χ0v) is 17.3. The van der Waals surface area contributed by atoms with Crippen molar-refractivity contribution in [1.82, 2.24) is 39.6 Å². The molecule has 0 fully saturated rings. The lowest BCUT2D eigenvalue weighted by Gasteiger charge is -2.26. The third-order valence-corrected chi connectivity index (χ3v) is 5.07. The van der Waals surface area contributed by atoms with Crippen molar-refractivity contribution in [2.24, 2.45) is 0 Å². The maximum Gasteiger partial charge on any atom is 0.167 e. The summed E-state index contributed by atoms with van der Waals surface area (Å²) in [6.45, 7) is 3.92. The summed E-state index contributed by atoms with van der Waals surface area (Å²) < 4.78 is 9.47. The third kappa shape index (κ3) is 4.18. The maximum atomic E-state index is 10.3. The van der Waals surface area contributed by atoms with E-state index in [1.165, 1.54) is 6.33 Å². The number of aliphatic hydroxyl groups excluding tert-OH is 2. The van der Waals surface area contributed by atoms with E-state index in [9.17, 15) is 10.2 Å². The fourth-order valence-electron chi connectivity index (χ4n) is 3.44. The molecule has 164 valence electrons. The van der Waals surface area contributed by atoms with E-state index in [1.807, 2.05) is 19.1 Å². The summed E-state index contributed by atoms with van der Waals surface area (Å²) in [4.78, 5) is 16.7. The Balaban J connectivity index is 1.45. The van der Waals surface area contributed by atoms with Crippen LogP contribution in [0.25, 0.3) is 22.2 Å². The Hall–Kier alpha value is -3.19. The molecule has 3 atom stereocenters. The predicted octanol–water partition coefficient (Wildman–Crippen LogP) is -0.0342. The van der Waals surface area contributed by atoms with E-state index >= 15 is 0 Å². The second-order valence-electron chi connectivity index (χ2n) is 7.18. The van der Waals surface area contributed by atoms with Crippen LogP contribution in [0, 0.1) is 6.92 Å². The normalized spacial score (nSPS) is 14.8. The first-order valence-corrected chi connectivity index (χ1v) is 9.85. The van der Waals surface area contributed by atoms with Crippen molar-refractivity contribution in [2.75, 3.05) is 18.9 Å². The summed E-state index contributed by atoms with van der Waals surface area (Å²) in [5.41, 5.74) is 8.49. The van der Waals surface area contributed by atoms with E-state index < -0.39 is 25.0 Å². The number of fused-ring (bicyclic) bond motifs is 2. The lowest BCUT2D eigenvalue weighted by Crippen LogP contribution is -2.42. The lowest BCUT2D eigenvalue weighted by atomic mass is 10.2. The van der Waals surface area contributed by atoms with E-state index in [-0.39, 0.29) is 12.4 Å². The van der Waals surface area contributed by atoms with E-state index in [2.05, 4.69) is 30.4 Å². The highest BCUT2D eigenvalue weighted by molar-refractivity contribution is 5.81. The first-order valence-electron chi connectivity index (χ1n) is 9.85. The van der Waals surface area contributed by atoms with Crippen molar-refractivity contribution < 1.29 is 14.9 Å². The molecule has 12 nitrogen and oxygen atoms in total. The Bertz CT molecular complexity index is 1180. The number of hydrogen-bond acceptors (Lipinski definition) is 10. The van der Waals surface area contributed by atoms with Gasteiger partial charge in [0.15, 0.2) is 17.1 Å². The quantitative estimate of drug-likeness (QED) is 0.285. The van der Waals surface area contributed by atoms with Crippen LogP contribution < -0.4 is 11.1 Å². The highest BCUT2D eigenvalue weighted by Crippen LogP contribution is 2.21. The van der Waals surface area contributed by atoms with Crippen LogP contribution in [0.15, 0.2) is 31.0 Å². The van der Waals surface area contributed by atoms with Gasteiger partial charge in [-0.3, -0.25) is 9.88 Å². The molecule has 0 spiro atoms. The molecule has 0 saturated carbocycles. The number of pyridine rings is 1. The molecule has 4 aromatic rings. The number of anilines is 1. The molecule has 0 radical (unpaired) electrons. The third-order valence-electron chi connectivity index (χ3n) is 5.07. The minimum Gasteiger partial charge on any atom is -0.394 e. The zero-order chi connectivity index (χ0) is 22.0. The lowest BCUT2D eigenvalue weighted by molar-refractivity contribution is -0.107. The average Bonchev–Trinajstić information content (AvgIpc) is 3.35. The molecule has 0 aromatic carbocycles. The largest absolute Gasteiger partial charge is 0.394 e. The Morgan fingerprint density at radius 3 is 2.87 bits per heavy atom. The number of rotatable bonds is 9. The molecule has 12 heteroatoms. The number of hydrogen-bond donors (Lipinski definition) is 4. The van der Waals surface area contributed by atoms with Crippen LogP contribution in [-0.2, 0) is 11.4 Å². The summed E-state index contributed by atoms with van der Waals surface area (Å²) in [5.74, 6) is 0.278. The Morgan fingerprint density at radius 2 is 2.06 bits per heavy atom. The number of nitrogens with two attached hydrogens (primary N) is 1. The number of ether oxygens (including phenoxy) is 1. The van der Waals surface area contributed by atoms with Gasteiger partial charge >= 0.3 is 0 Å². The second kappa shape index (κ2) is 8.89. The minimum atomic E-state index is -1.08. The van der Waals surface area contributed by atoms with Crippen LogP contribution in [0.1, 0.15) is 18.8 Å². The first kappa shape index (κ1) is 21.1. The molecule has 4 heterocycles. The standard InChI is InChI=1S/C19H25N9O3/c1-11-13-4-3-5-22-18(13)28(26-11)9-21-6-15(14(30)7-29)31-12(2)27-10-25-16-17(20)23-8-24-19(16)27/h3-5,8,10,12,14-15,21,29-30H,6-7,9H2,1-2H3,(H2,20,23,24). The Kier molecular flexibility index (Phi) is 6.04. The van der Waals surface area contributed by atoms with Gasteiger partial charge in [-0.1, -0.05) is 0 Å². The number of nitrogen functional groups attached to an aromatic ring is 1. The van der Waals surface area contributed by atoms with Crippen molar-refractivity contribution in [1.29, 1.82) is 0 Å². The SMILES string of the molecule is Cc1nn(CNCC(OC(C)n2cnc3c(N)ncnc32)C(O)CO)c2ncccc12. The van der Waals surface area contributed by atoms with Crippen LogP contribution in [0.3, 0.4) is 0 Å². The van der Waals surface area contributed by atoms with E-state index in [1.54, 1.807) is 28.7 Å². The Labute approximate surface area is 177 Å². The van der Waals surface area contributed by atoms with Gasteiger partial charge < -0.3 is 20.7 Å². The van der Waals surface area contributed by atoms with Crippen molar-refractivity contribution >= 4 is 28.0 Å². The number of imidazole rings is 1. The molecule has 0 aliphatic heterocycles. The van der Waals surface area contributed by atoms with Gasteiger partial charge in [0.05, 0.1) is 25.3 Å². The molecule has 5 N–H and O–H groups in total.